The monoisotopic (exact) mass is 324 g/mol. The lowest BCUT2D eigenvalue weighted by Gasteiger charge is -2.09. The molecule has 98 valence electrons. The van der Waals surface area contributed by atoms with Gasteiger partial charge in [-0.3, -0.25) is 4.79 Å². The summed E-state index contributed by atoms with van der Waals surface area (Å²) in [5.74, 6) is -0.638. The van der Waals surface area contributed by atoms with Crippen molar-refractivity contribution in [3.05, 3.63) is 52.4 Å². The number of hydrogen-bond acceptors (Lipinski definition) is 3. The highest BCUT2D eigenvalue weighted by Gasteiger charge is 2.14. The number of benzene rings is 1. The summed E-state index contributed by atoms with van der Waals surface area (Å²) >= 11 is 3.24. The molecule has 0 aliphatic heterocycles. The summed E-state index contributed by atoms with van der Waals surface area (Å²) in [5, 5.41) is 2.60. The van der Waals surface area contributed by atoms with Crippen LogP contribution in [0.25, 0.3) is 0 Å². The van der Waals surface area contributed by atoms with Crippen LogP contribution in [0.2, 0.25) is 0 Å². The van der Waals surface area contributed by atoms with Crippen molar-refractivity contribution in [2.24, 2.45) is 0 Å². The third kappa shape index (κ3) is 3.08. The molecule has 2 rings (SSSR count). The van der Waals surface area contributed by atoms with Crippen molar-refractivity contribution < 1.29 is 13.9 Å². The number of hydrogen-bond donors (Lipinski definition) is 1. The predicted molar refractivity (Wildman–Crippen MR) is 72.8 cm³/mol. The van der Waals surface area contributed by atoms with Gasteiger partial charge in [-0.05, 0) is 46.3 Å². The predicted octanol–water partition coefficient (Wildman–Crippen LogP) is 3.24. The quantitative estimate of drug-likeness (QED) is 0.942. The summed E-state index contributed by atoms with van der Waals surface area (Å²) in [6.07, 6.45) is 1.52. The van der Waals surface area contributed by atoms with Gasteiger partial charge >= 0.3 is 0 Å². The molecule has 1 N–H and O–H groups in total. The number of carbonyl (C=O) groups is 1. The molecule has 2 aromatic rings. The fraction of sp³-hybridized carbons (Fsp3) is 0.0769. The van der Waals surface area contributed by atoms with Gasteiger partial charge in [-0.2, -0.15) is 0 Å². The standard InChI is InChI=1S/C13H10BrFN2O2/c1-19-13-9(3-2-6-16-13)12(18)17-11-7-8(15)4-5-10(11)14/h2-7H,1H3,(H,17,18). The van der Waals surface area contributed by atoms with Gasteiger partial charge < -0.3 is 10.1 Å². The van der Waals surface area contributed by atoms with Gasteiger partial charge in [0.1, 0.15) is 11.4 Å². The average molecular weight is 325 g/mol. The summed E-state index contributed by atoms with van der Waals surface area (Å²) in [6, 6.07) is 7.24. The van der Waals surface area contributed by atoms with E-state index in [0.29, 0.717) is 10.2 Å². The molecule has 0 fully saturated rings. The zero-order valence-electron chi connectivity index (χ0n) is 9.98. The van der Waals surface area contributed by atoms with E-state index < -0.39 is 11.7 Å². The van der Waals surface area contributed by atoms with Crippen LogP contribution < -0.4 is 10.1 Å². The molecule has 1 amide bonds. The number of rotatable bonds is 3. The lowest BCUT2D eigenvalue weighted by molar-refractivity contribution is 0.102. The molecule has 0 saturated carbocycles. The smallest absolute Gasteiger partial charge is 0.261 e. The van der Waals surface area contributed by atoms with Crippen molar-refractivity contribution in [1.29, 1.82) is 0 Å². The average Bonchev–Trinajstić information content (AvgIpc) is 2.42. The van der Waals surface area contributed by atoms with E-state index in [1.807, 2.05) is 0 Å². The number of methoxy groups -OCH3 is 1. The maximum Gasteiger partial charge on any atom is 0.261 e. The second-order valence-electron chi connectivity index (χ2n) is 3.64. The summed E-state index contributed by atoms with van der Waals surface area (Å²) in [6.45, 7) is 0. The Kier molecular flexibility index (Phi) is 4.11. The Morgan fingerprint density at radius 2 is 2.21 bits per heavy atom. The first-order valence-corrected chi connectivity index (χ1v) is 6.16. The second kappa shape index (κ2) is 5.79. The molecule has 0 radical (unpaired) electrons. The van der Waals surface area contributed by atoms with Gasteiger partial charge in [-0.15, -0.1) is 0 Å². The number of ether oxygens (including phenoxy) is 1. The highest BCUT2D eigenvalue weighted by atomic mass is 79.9. The summed E-state index contributed by atoms with van der Waals surface area (Å²) in [4.78, 5) is 16.0. The van der Waals surface area contributed by atoms with Crippen LogP contribution >= 0.6 is 15.9 Å². The molecular weight excluding hydrogens is 315 g/mol. The topological polar surface area (TPSA) is 51.2 Å². The Labute approximate surface area is 117 Å². The van der Waals surface area contributed by atoms with Crippen LogP contribution in [-0.2, 0) is 0 Å². The highest BCUT2D eigenvalue weighted by Crippen LogP contribution is 2.24. The molecule has 1 aromatic heterocycles. The van der Waals surface area contributed by atoms with Gasteiger partial charge in [-0.1, -0.05) is 0 Å². The lowest BCUT2D eigenvalue weighted by Crippen LogP contribution is -2.14. The van der Waals surface area contributed by atoms with E-state index in [2.05, 4.69) is 26.2 Å². The number of carbonyl (C=O) groups excluding carboxylic acids is 1. The van der Waals surface area contributed by atoms with Crippen molar-refractivity contribution >= 4 is 27.5 Å². The van der Waals surface area contributed by atoms with E-state index in [-0.39, 0.29) is 11.4 Å². The molecular formula is C13H10BrFN2O2. The van der Waals surface area contributed by atoms with E-state index >= 15 is 0 Å². The number of amides is 1. The maximum absolute atomic E-state index is 13.1. The lowest BCUT2D eigenvalue weighted by atomic mass is 10.2. The summed E-state index contributed by atoms with van der Waals surface area (Å²) in [5.41, 5.74) is 0.622. The Morgan fingerprint density at radius 1 is 1.42 bits per heavy atom. The van der Waals surface area contributed by atoms with Crippen LogP contribution in [0.3, 0.4) is 0 Å². The van der Waals surface area contributed by atoms with Crippen LogP contribution in [0.15, 0.2) is 41.0 Å². The van der Waals surface area contributed by atoms with Crippen molar-refractivity contribution in [2.45, 2.75) is 0 Å². The van der Waals surface area contributed by atoms with E-state index in [4.69, 9.17) is 4.74 Å². The molecule has 1 heterocycles. The van der Waals surface area contributed by atoms with Gasteiger partial charge in [-0.25, -0.2) is 9.37 Å². The summed E-state index contributed by atoms with van der Waals surface area (Å²) < 4.78 is 18.7. The molecule has 6 heteroatoms. The van der Waals surface area contributed by atoms with E-state index in [1.165, 1.54) is 31.5 Å². The van der Waals surface area contributed by atoms with Gasteiger partial charge in [0.25, 0.3) is 5.91 Å². The van der Waals surface area contributed by atoms with Crippen LogP contribution in [0.1, 0.15) is 10.4 Å². The second-order valence-corrected chi connectivity index (χ2v) is 4.49. The van der Waals surface area contributed by atoms with Gasteiger partial charge in [0, 0.05) is 10.7 Å². The Hall–Kier alpha value is -1.95. The molecule has 0 saturated heterocycles. The number of aromatic nitrogens is 1. The molecule has 0 bridgehead atoms. The molecule has 19 heavy (non-hydrogen) atoms. The Morgan fingerprint density at radius 3 is 2.95 bits per heavy atom. The fourth-order valence-electron chi connectivity index (χ4n) is 1.51. The van der Waals surface area contributed by atoms with E-state index in [0.717, 1.165) is 0 Å². The molecule has 4 nitrogen and oxygen atoms in total. The molecule has 0 atom stereocenters. The molecule has 0 aliphatic rings. The van der Waals surface area contributed by atoms with Crippen molar-refractivity contribution in [1.82, 2.24) is 4.98 Å². The maximum atomic E-state index is 13.1. The minimum atomic E-state index is -0.434. The molecule has 1 aromatic carbocycles. The van der Waals surface area contributed by atoms with E-state index in [1.54, 1.807) is 12.1 Å². The van der Waals surface area contributed by atoms with Crippen molar-refractivity contribution in [2.75, 3.05) is 12.4 Å². The van der Waals surface area contributed by atoms with Gasteiger partial charge in [0.2, 0.25) is 5.88 Å². The van der Waals surface area contributed by atoms with Crippen molar-refractivity contribution in [3.8, 4) is 5.88 Å². The number of anilines is 1. The SMILES string of the molecule is COc1ncccc1C(=O)Nc1cc(F)ccc1Br. The van der Waals surface area contributed by atoms with Gasteiger partial charge in [0.05, 0.1) is 12.8 Å². The minimum absolute atomic E-state index is 0.215. The Bertz CT molecular complexity index is 619. The first kappa shape index (κ1) is 13.5. The zero-order chi connectivity index (χ0) is 13.8. The largest absolute Gasteiger partial charge is 0.480 e. The first-order valence-electron chi connectivity index (χ1n) is 5.37. The number of nitrogens with zero attached hydrogens (tertiary/aromatic N) is 1. The number of halogens is 2. The molecule has 0 unspecified atom stereocenters. The minimum Gasteiger partial charge on any atom is -0.480 e. The Balaban J connectivity index is 2.28. The highest BCUT2D eigenvalue weighted by molar-refractivity contribution is 9.10. The van der Waals surface area contributed by atoms with Crippen LogP contribution in [0.5, 0.6) is 5.88 Å². The number of pyridine rings is 1. The fourth-order valence-corrected chi connectivity index (χ4v) is 1.85. The van der Waals surface area contributed by atoms with Crippen molar-refractivity contribution in [3.63, 3.8) is 0 Å². The normalized spacial score (nSPS) is 10.1. The third-order valence-corrected chi connectivity index (χ3v) is 3.08. The zero-order valence-corrected chi connectivity index (χ0v) is 11.6. The van der Waals surface area contributed by atoms with Crippen LogP contribution in [-0.4, -0.2) is 18.0 Å². The van der Waals surface area contributed by atoms with Gasteiger partial charge in [0.15, 0.2) is 0 Å². The van der Waals surface area contributed by atoms with Crippen LogP contribution in [0, 0.1) is 5.82 Å². The van der Waals surface area contributed by atoms with E-state index in [9.17, 15) is 9.18 Å². The summed E-state index contributed by atoms with van der Waals surface area (Å²) in [7, 11) is 1.43. The van der Waals surface area contributed by atoms with Crippen LogP contribution in [0.4, 0.5) is 10.1 Å². The third-order valence-electron chi connectivity index (χ3n) is 2.39. The molecule has 0 aliphatic carbocycles. The molecule has 0 spiro atoms. The number of nitrogens with one attached hydrogen (secondary N) is 1. The first-order chi connectivity index (χ1) is 9.11.